The minimum absolute atomic E-state index is 0.00405. The molecule has 0 atom stereocenters. The van der Waals surface area contributed by atoms with E-state index in [1.54, 1.807) is 4.90 Å². The highest BCUT2D eigenvalue weighted by Crippen LogP contribution is 2.20. The Labute approximate surface area is 69.6 Å². The zero-order valence-electron chi connectivity index (χ0n) is 8.22. The normalized spacial score (nSPS) is 11.8. The number of hydrogen-bond donors (Lipinski definition) is 0. The molecule has 0 fully saturated rings. The van der Waals surface area contributed by atoms with Gasteiger partial charge in [0.1, 0.15) is 0 Å². The van der Waals surface area contributed by atoms with Crippen molar-refractivity contribution in [2.45, 2.75) is 39.7 Å². The second-order valence-electron chi connectivity index (χ2n) is 4.13. The Bertz CT molecular complexity index is 130. The second kappa shape index (κ2) is 3.74. The van der Waals surface area contributed by atoms with Crippen molar-refractivity contribution in [3.63, 3.8) is 0 Å². The van der Waals surface area contributed by atoms with Gasteiger partial charge in [0.2, 0.25) is 6.41 Å². The van der Waals surface area contributed by atoms with Crippen molar-refractivity contribution in [2.75, 3.05) is 7.05 Å². The van der Waals surface area contributed by atoms with Gasteiger partial charge in [-0.1, -0.05) is 13.8 Å². The van der Waals surface area contributed by atoms with Crippen LogP contribution in [0, 0.1) is 5.92 Å². The van der Waals surface area contributed by atoms with Crippen molar-refractivity contribution in [3.05, 3.63) is 0 Å². The summed E-state index contributed by atoms with van der Waals surface area (Å²) < 4.78 is 0. The SMILES string of the molecule is CC(C)CC(C)(C)N(C)C=O. The van der Waals surface area contributed by atoms with Crippen molar-refractivity contribution >= 4 is 6.41 Å². The number of hydrogen-bond acceptors (Lipinski definition) is 1. The highest BCUT2D eigenvalue weighted by atomic mass is 16.1. The Balaban J connectivity index is 4.08. The average molecular weight is 157 g/mol. The minimum Gasteiger partial charge on any atom is -0.343 e. The van der Waals surface area contributed by atoms with E-state index in [2.05, 4.69) is 27.7 Å². The van der Waals surface area contributed by atoms with Gasteiger partial charge in [-0.25, -0.2) is 0 Å². The van der Waals surface area contributed by atoms with Gasteiger partial charge in [0.25, 0.3) is 0 Å². The number of rotatable bonds is 4. The molecule has 0 N–H and O–H groups in total. The lowest BCUT2D eigenvalue weighted by Gasteiger charge is -2.34. The van der Waals surface area contributed by atoms with E-state index in [0.29, 0.717) is 5.92 Å². The van der Waals surface area contributed by atoms with Crippen LogP contribution in [0.2, 0.25) is 0 Å². The molecule has 0 aromatic carbocycles. The summed E-state index contributed by atoms with van der Waals surface area (Å²) in [7, 11) is 1.83. The first-order valence-electron chi connectivity index (χ1n) is 4.08. The van der Waals surface area contributed by atoms with Crippen LogP contribution in [-0.4, -0.2) is 23.9 Å². The van der Waals surface area contributed by atoms with E-state index in [9.17, 15) is 4.79 Å². The summed E-state index contributed by atoms with van der Waals surface area (Å²) in [5.41, 5.74) is -0.00405. The molecule has 0 radical (unpaired) electrons. The molecule has 0 saturated heterocycles. The summed E-state index contributed by atoms with van der Waals surface area (Å²) in [4.78, 5) is 12.2. The van der Waals surface area contributed by atoms with Crippen molar-refractivity contribution in [1.29, 1.82) is 0 Å². The van der Waals surface area contributed by atoms with E-state index in [0.717, 1.165) is 12.8 Å². The molecule has 0 spiro atoms. The molecular weight excluding hydrogens is 138 g/mol. The Morgan fingerprint density at radius 3 is 2.18 bits per heavy atom. The first kappa shape index (κ1) is 10.5. The van der Waals surface area contributed by atoms with Crippen LogP contribution in [0.25, 0.3) is 0 Å². The summed E-state index contributed by atoms with van der Waals surface area (Å²) >= 11 is 0. The van der Waals surface area contributed by atoms with Crippen molar-refractivity contribution in [1.82, 2.24) is 4.90 Å². The molecule has 0 unspecified atom stereocenters. The van der Waals surface area contributed by atoms with Gasteiger partial charge in [0.05, 0.1) is 0 Å². The predicted octanol–water partition coefficient (Wildman–Crippen LogP) is 1.90. The zero-order chi connectivity index (χ0) is 9.07. The first-order chi connectivity index (χ1) is 4.90. The quantitative estimate of drug-likeness (QED) is 0.571. The van der Waals surface area contributed by atoms with Gasteiger partial charge in [0, 0.05) is 12.6 Å². The number of amides is 1. The van der Waals surface area contributed by atoms with E-state index in [4.69, 9.17) is 0 Å². The topological polar surface area (TPSA) is 20.3 Å². The van der Waals surface area contributed by atoms with Crippen LogP contribution in [0.5, 0.6) is 0 Å². The van der Waals surface area contributed by atoms with Gasteiger partial charge >= 0.3 is 0 Å². The fourth-order valence-corrected chi connectivity index (χ4v) is 1.29. The molecule has 11 heavy (non-hydrogen) atoms. The Morgan fingerprint density at radius 1 is 1.45 bits per heavy atom. The smallest absolute Gasteiger partial charge is 0.209 e. The highest BCUT2D eigenvalue weighted by Gasteiger charge is 2.22. The molecule has 0 rings (SSSR count). The van der Waals surface area contributed by atoms with Crippen LogP contribution in [0.1, 0.15) is 34.1 Å². The molecule has 0 aromatic rings. The molecule has 2 nitrogen and oxygen atoms in total. The lowest BCUT2D eigenvalue weighted by Crippen LogP contribution is -2.41. The van der Waals surface area contributed by atoms with Gasteiger partial charge in [-0.15, -0.1) is 0 Å². The number of nitrogens with zero attached hydrogens (tertiary/aromatic N) is 1. The fourth-order valence-electron chi connectivity index (χ4n) is 1.29. The summed E-state index contributed by atoms with van der Waals surface area (Å²) in [5, 5.41) is 0. The van der Waals surface area contributed by atoms with Gasteiger partial charge in [-0.2, -0.15) is 0 Å². The molecule has 66 valence electrons. The van der Waals surface area contributed by atoms with E-state index in [1.165, 1.54) is 0 Å². The summed E-state index contributed by atoms with van der Waals surface area (Å²) in [6, 6.07) is 0. The summed E-state index contributed by atoms with van der Waals surface area (Å²) in [5.74, 6) is 0.632. The second-order valence-corrected chi connectivity index (χ2v) is 4.13. The molecule has 0 heterocycles. The van der Waals surface area contributed by atoms with E-state index < -0.39 is 0 Å². The third kappa shape index (κ3) is 3.40. The average Bonchev–Trinajstić information content (AvgIpc) is 1.83. The van der Waals surface area contributed by atoms with Crippen LogP contribution in [-0.2, 0) is 4.79 Å². The maximum absolute atomic E-state index is 10.5. The van der Waals surface area contributed by atoms with E-state index in [-0.39, 0.29) is 5.54 Å². The molecule has 2 heteroatoms. The third-order valence-corrected chi connectivity index (χ3v) is 2.02. The first-order valence-corrected chi connectivity index (χ1v) is 4.08. The van der Waals surface area contributed by atoms with Crippen LogP contribution >= 0.6 is 0 Å². The van der Waals surface area contributed by atoms with Crippen molar-refractivity contribution in [3.8, 4) is 0 Å². The number of carbonyl (C=O) groups excluding carboxylic acids is 1. The van der Waals surface area contributed by atoms with Crippen LogP contribution in [0.3, 0.4) is 0 Å². The standard InChI is InChI=1S/C9H19NO/c1-8(2)6-9(3,4)10(5)7-11/h7-8H,6H2,1-5H3. The van der Waals surface area contributed by atoms with Gasteiger partial charge in [-0.05, 0) is 26.2 Å². The predicted molar refractivity (Wildman–Crippen MR) is 47.4 cm³/mol. The van der Waals surface area contributed by atoms with Gasteiger partial charge in [-0.3, -0.25) is 4.79 Å². The Hall–Kier alpha value is -0.530. The minimum atomic E-state index is -0.00405. The molecule has 0 saturated carbocycles. The fraction of sp³-hybridized carbons (Fsp3) is 0.889. The van der Waals surface area contributed by atoms with Crippen LogP contribution in [0.4, 0.5) is 0 Å². The Kier molecular flexibility index (Phi) is 3.56. The monoisotopic (exact) mass is 157 g/mol. The summed E-state index contributed by atoms with van der Waals surface area (Å²) in [6.45, 7) is 8.50. The summed E-state index contributed by atoms with van der Waals surface area (Å²) in [6.07, 6.45) is 1.94. The molecule has 0 aliphatic rings. The highest BCUT2D eigenvalue weighted by molar-refractivity contribution is 5.47. The molecule has 0 aromatic heterocycles. The molecule has 0 aliphatic heterocycles. The maximum atomic E-state index is 10.5. The third-order valence-electron chi connectivity index (χ3n) is 2.02. The lowest BCUT2D eigenvalue weighted by molar-refractivity contribution is -0.121. The van der Waals surface area contributed by atoms with Crippen LogP contribution < -0.4 is 0 Å². The largest absolute Gasteiger partial charge is 0.343 e. The van der Waals surface area contributed by atoms with Crippen molar-refractivity contribution in [2.24, 2.45) is 5.92 Å². The number of carbonyl (C=O) groups is 1. The molecular formula is C9H19NO. The van der Waals surface area contributed by atoms with Crippen molar-refractivity contribution < 1.29 is 4.79 Å². The Morgan fingerprint density at radius 2 is 1.91 bits per heavy atom. The maximum Gasteiger partial charge on any atom is 0.209 e. The molecule has 0 bridgehead atoms. The zero-order valence-corrected chi connectivity index (χ0v) is 8.22. The molecule has 0 aliphatic carbocycles. The lowest BCUT2D eigenvalue weighted by atomic mass is 9.92. The van der Waals surface area contributed by atoms with Gasteiger partial charge < -0.3 is 4.90 Å². The van der Waals surface area contributed by atoms with E-state index >= 15 is 0 Å². The van der Waals surface area contributed by atoms with Crippen LogP contribution in [0.15, 0.2) is 0 Å². The van der Waals surface area contributed by atoms with Gasteiger partial charge in [0.15, 0.2) is 0 Å². The van der Waals surface area contributed by atoms with E-state index in [1.807, 2.05) is 7.05 Å². The molecule has 1 amide bonds.